The number of rotatable bonds is 6. The first-order valence-electron chi connectivity index (χ1n) is 16.1. The number of quaternary nitrogens is 1. The van der Waals surface area contributed by atoms with Crippen molar-refractivity contribution >= 4 is 23.2 Å². The number of nitrogens with one attached hydrogen (secondary N) is 1. The number of benzene rings is 2. The number of halogens is 3. The van der Waals surface area contributed by atoms with E-state index in [0.717, 1.165) is 11.6 Å². The number of aliphatic hydroxyl groups is 3. The third-order valence-electron chi connectivity index (χ3n) is 9.47. The molecule has 4 heterocycles. The van der Waals surface area contributed by atoms with Crippen molar-refractivity contribution in [1.29, 1.82) is 0 Å². The number of ether oxygens (including phenoxy) is 1. The Kier molecular flexibility index (Phi) is 9.88. The number of carboxylic acids is 1. The van der Waals surface area contributed by atoms with Crippen molar-refractivity contribution < 1.29 is 52.4 Å². The van der Waals surface area contributed by atoms with Gasteiger partial charge in [-0.25, -0.2) is 14.3 Å². The Morgan fingerprint density at radius 1 is 1.04 bits per heavy atom. The number of likely N-dealkylation sites (N-methyl/N-ethyl adjacent to an activating group) is 1. The maximum absolute atomic E-state index is 14.3. The van der Waals surface area contributed by atoms with Gasteiger partial charge in [0.15, 0.2) is 17.9 Å². The zero-order valence-electron chi connectivity index (χ0n) is 27.6. The van der Waals surface area contributed by atoms with Gasteiger partial charge in [-0.05, 0) is 60.4 Å². The molecule has 16 heteroatoms. The molecule has 1 unspecified atom stereocenters. The highest BCUT2D eigenvalue weighted by Crippen LogP contribution is 2.35. The minimum absolute atomic E-state index is 0.00943. The van der Waals surface area contributed by atoms with Crippen LogP contribution in [0.15, 0.2) is 60.9 Å². The van der Waals surface area contributed by atoms with Crippen molar-refractivity contribution in [3.63, 3.8) is 0 Å². The molecular weight excluding hydrogens is 673 g/mol. The molecule has 4 aromatic rings. The number of aromatic nitrogens is 3. The fourth-order valence-corrected chi connectivity index (χ4v) is 6.40. The molecule has 2 aromatic carbocycles. The predicted molar refractivity (Wildman–Crippen MR) is 175 cm³/mol. The second-order valence-electron chi connectivity index (χ2n) is 13.0. The fourth-order valence-electron chi connectivity index (χ4n) is 6.40. The Labute approximate surface area is 290 Å². The predicted octanol–water partition coefficient (Wildman–Crippen LogP) is 1.86. The topological polar surface area (TPSA) is 170 Å². The number of carboxylic acid groups (broad SMARTS) is 1. The molecular formula is C35H36F3N6O7+. The van der Waals surface area contributed by atoms with Crippen LogP contribution >= 0.6 is 0 Å². The normalized spacial score (nSPS) is 23.7. The summed E-state index contributed by atoms with van der Waals surface area (Å²) in [7, 11) is 1.69. The van der Waals surface area contributed by atoms with E-state index in [9.17, 15) is 43.2 Å². The second-order valence-corrected chi connectivity index (χ2v) is 13.0. The smallest absolute Gasteiger partial charge is 0.416 e. The maximum Gasteiger partial charge on any atom is 0.416 e. The van der Waals surface area contributed by atoms with E-state index >= 15 is 0 Å². The van der Waals surface area contributed by atoms with E-state index in [0.29, 0.717) is 16.9 Å². The summed E-state index contributed by atoms with van der Waals surface area (Å²) < 4.78 is 50.1. The van der Waals surface area contributed by atoms with E-state index in [4.69, 9.17) is 4.74 Å². The van der Waals surface area contributed by atoms with Crippen LogP contribution in [0.4, 0.5) is 18.9 Å². The van der Waals surface area contributed by atoms with Crippen molar-refractivity contribution in [2.75, 3.05) is 38.5 Å². The number of fused-ring (bicyclic) bond motifs is 1. The van der Waals surface area contributed by atoms with Gasteiger partial charge in [-0.1, -0.05) is 18.1 Å². The molecule has 0 saturated carbocycles. The molecule has 2 saturated heterocycles. The molecule has 5 N–H and O–H groups in total. The standard InChI is InChI=1S/C35H35F3N6O7/c1-20-5-6-22(16-21(20)8-10-25-18-39-27-4-3-11-40-43(25)27)32(48)41-24-9-7-23(26(17-24)35(36,37)38)19-42-12-14-44(2,15-13-42)33-30(47)28(45)29(46)31(51-33)34(49)50/h3-7,9,11,16-18,28-31,33,45-47H,12-15,19H2,1-2H3,(H-,41,48,49,50)/p+1/t28-,29-,30+,31-,33?/m0/s1. The van der Waals surface area contributed by atoms with Gasteiger partial charge in [0.1, 0.15) is 17.9 Å². The summed E-state index contributed by atoms with van der Waals surface area (Å²) >= 11 is 0. The minimum Gasteiger partial charge on any atom is -0.479 e. The van der Waals surface area contributed by atoms with E-state index in [1.54, 1.807) is 59.2 Å². The van der Waals surface area contributed by atoms with Gasteiger partial charge in [0.25, 0.3) is 5.91 Å². The number of amides is 1. The number of aryl methyl sites for hydroxylation is 1. The molecule has 0 aliphatic carbocycles. The lowest BCUT2D eigenvalue weighted by Crippen LogP contribution is -2.72. The number of carbonyl (C=O) groups is 2. The summed E-state index contributed by atoms with van der Waals surface area (Å²) in [6.07, 6.45) is -9.60. The number of alkyl halides is 3. The summed E-state index contributed by atoms with van der Waals surface area (Å²) in [6, 6.07) is 12.0. The van der Waals surface area contributed by atoms with Gasteiger partial charge in [0, 0.05) is 42.6 Å². The van der Waals surface area contributed by atoms with Gasteiger partial charge in [-0.2, -0.15) is 18.3 Å². The van der Waals surface area contributed by atoms with Crippen molar-refractivity contribution in [2.24, 2.45) is 0 Å². The van der Waals surface area contributed by atoms with Crippen molar-refractivity contribution in [2.45, 2.75) is 50.3 Å². The van der Waals surface area contributed by atoms with Crippen LogP contribution in [0, 0.1) is 18.8 Å². The second kappa shape index (κ2) is 14.0. The highest BCUT2D eigenvalue weighted by Gasteiger charge is 2.54. The van der Waals surface area contributed by atoms with Gasteiger partial charge < -0.3 is 30.5 Å². The van der Waals surface area contributed by atoms with E-state index < -0.39 is 54.3 Å². The van der Waals surface area contributed by atoms with Crippen LogP contribution < -0.4 is 5.32 Å². The number of aliphatic hydroxyl groups excluding tert-OH is 3. The minimum atomic E-state index is -4.72. The summed E-state index contributed by atoms with van der Waals surface area (Å²) in [6.45, 7) is 2.80. The van der Waals surface area contributed by atoms with Crippen LogP contribution in [0.1, 0.15) is 38.3 Å². The molecule has 13 nitrogen and oxygen atoms in total. The van der Waals surface area contributed by atoms with Crippen LogP contribution in [0.25, 0.3) is 5.65 Å². The lowest BCUT2D eigenvalue weighted by Gasteiger charge is -2.51. The Morgan fingerprint density at radius 3 is 2.49 bits per heavy atom. The van der Waals surface area contributed by atoms with Crippen molar-refractivity contribution in [1.82, 2.24) is 19.5 Å². The van der Waals surface area contributed by atoms with Crippen molar-refractivity contribution in [3.05, 3.63) is 94.4 Å². The average Bonchev–Trinajstić information content (AvgIpc) is 3.51. The highest BCUT2D eigenvalue weighted by atomic mass is 19.4. The van der Waals surface area contributed by atoms with E-state index in [-0.39, 0.29) is 54.0 Å². The molecule has 0 spiro atoms. The van der Waals surface area contributed by atoms with E-state index in [1.165, 1.54) is 12.1 Å². The molecule has 5 atom stereocenters. The first kappa shape index (κ1) is 35.9. The first-order valence-corrected chi connectivity index (χ1v) is 16.1. The highest BCUT2D eigenvalue weighted by molar-refractivity contribution is 6.04. The molecule has 2 aromatic heterocycles. The lowest BCUT2D eigenvalue weighted by molar-refractivity contribution is -0.964. The van der Waals surface area contributed by atoms with Gasteiger partial charge in [0.05, 0.1) is 31.9 Å². The molecule has 2 aliphatic rings. The number of aliphatic carboxylic acids is 1. The Balaban J connectivity index is 1.14. The molecule has 0 bridgehead atoms. The number of nitrogens with zero attached hydrogens (tertiary/aromatic N) is 5. The number of carbonyl (C=O) groups excluding carboxylic acids is 1. The number of piperazine rings is 1. The third kappa shape index (κ3) is 7.45. The molecule has 2 aliphatic heterocycles. The summed E-state index contributed by atoms with van der Waals surface area (Å²) in [5.41, 5.74) is 1.76. The maximum atomic E-state index is 14.3. The Bertz CT molecular complexity index is 2020. The van der Waals surface area contributed by atoms with Crippen LogP contribution in [0.5, 0.6) is 0 Å². The monoisotopic (exact) mass is 709 g/mol. The van der Waals surface area contributed by atoms with Gasteiger partial charge >= 0.3 is 12.1 Å². The quantitative estimate of drug-likeness (QED) is 0.147. The number of hydrogen-bond donors (Lipinski definition) is 5. The third-order valence-corrected chi connectivity index (χ3v) is 9.47. The summed E-state index contributed by atoms with van der Waals surface area (Å²) in [4.78, 5) is 30.8. The molecule has 2 fully saturated rings. The van der Waals surface area contributed by atoms with Crippen LogP contribution in [0.3, 0.4) is 0 Å². The number of anilines is 1. The van der Waals surface area contributed by atoms with Gasteiger partial charge in [-0.15, -0.1) is 0 Å². The van der Waals surface area contributed by atoms with Gasteiger partial charge in [0.2, 0.25) is 6.23 Å². The molecule has 0 radical (unpaired) electrons. The molecule has 6 rings (SSSR count). The first-order chi connectivity index (χ1) is 24.1. The van der Waals surface area contributed by atoms with Crippen LogP contribution in [-0.2, 0) is 22.3 Å². The van der Waals surface area contributed by atoms with Gasteiger partial charge in [-0.3, -0.25) is 14.2 Å². The molecule has 1 amide bonds. The lowest BCUT2D eigenvalue weighted by atomic mass is 9.96. The van der Waals surface area contributed by atoms with Crippen LogP contribution in [-0.4, -0.2) is 120 Å². The zero-order chi connectivity index (χ0) is 36.7. The largest absolute Gasteiger partial charge is 0.479 e. The number of hydrogen-bond acceptors (Lipinski definition) is 9. The molecule has 51 heavy (non-hydrogen) atoms. The number of imidazole rings is 1. The summed E-state index contributed by atoms with van der Waals surface area (Å²) in [5.74, 6) is 3.93. The van der Waals surface area contributed by atoms with Crippen molar-refractivity contribution in [3.8, 4) is 11.8 Å². The Hall–Kier alpha value is -4.89. The summed E-state index contributed by atoms with van der Waals surface area (Å²) in [5, 5.41) is 47.1. The van der Waals surface area contributed by atoms with E-state index in [2.05, 4.69) is 27.2 Å². The Morgan fingerprint density at radius 2 is 1.78 bits per heavy atom. The molecule has 268 valence electrons. The zero-order valence-corrected chi connectivity index (χ0v) is 27.6. The van der Waals surface area contributed by atoms with Crippen LogP contribution in [0.2, 0.25) is 0 Å². The average molecular weight is 710 g/mol. The SMILES string of the molecule is Cc1ccc(C(=O)Nc2ccc(CN3CC[N+](C)(C4O[C@H](C(=O)O)[C@@H](O)[C@H](O)[C@H]4O)CC3)c(C(F)(F)F)c2)cc1C#Cc1cnc2cccnn12. The fraction of sp³-hybridized carbons (Fsp3) is 0.371. The van der Waals surface area contributed by atoms with E-state index in [1.807, 2.05) is 6.92 Å².